The van der Waals surface area contributed by atoms with Crippen molar-refractivity contribution >= 4 is 29.5 Å². The third-order valence-electron chi connectivity index (χ3n) is 4.90. The van der Waals surface area contributed by atoms with Crippen LogP contribution in [0.25, 0.3) is 17.1 Å². The predicted molar refractivity (Wildman–Crippen MR) is 128 cm³/mol. The van der Waals surface area contributed by atoms with Gasteiger partial charge in [0.05, 0.1) is 11.3 Å². The zero-order chi connectivity index (χ0) is 24.8. The molecule has 180 valence electrons. The van der Waals surface area contributed by atoms with Gasteiger partial charge >= 0.3 is 5.97 Å². The number of carbonyl (C=O) groups excluding carboxylic acids is 2. The third kappa shape index (κ3) is 5.75. The van der Waals surface area contributed by atoms with Gasteiger partial charge in [-0.15, -0.1) is 10.2 Å². The molecule has 4 aromatic rings. The maximum absolute atomic E-state index is 14.5. The van der Waals surface area contributed by atoms with E-state index in [1.54, 1.807) is 42.7 Å². The molecule has 0 aliphatic carbocycles. The summed E-state index contributed by atoms with van der Waals surface area (Å²) in [4.78, 5) is 25.0. The molecule has 0 aliphatic rings. The number of aryl methyl sites for hydroxylation is 1. The molecule has 1 unspecified atom stereocenters. The highest BCUT2D eigenvalue weighted by Crippen LogP contribution is 2.29. The van der Waals surface area contributed by atoms with Gasteiger partial charge in [0.15, 0.2) is 22.9 Å². The third-order valence-corrected chi connectivity index (χ3v) is 5.80. The van der Waals surface area contributed by atoms with Gasteiger partial charge in [-0.25, -0.2) is 4.39 Å². The van der Waals surface area contributed by atoms with E-state index in [-0.39, 0.29) is 23.6 Å². The molecule has 35 heavy (non-hydrogen) atoms. The number of benzene rings is 2. The summed E-state index contributed by atoms with van der Waals surface area (Å²) in [5.74, 6) is -0.593. The zero-order valence-corrected chi connectivity index (χ0v) is 19.8. The summed E-state index contributed by atoms with van der Waals surface area (Å²) < 4.78 is 26.5. The van der Waals surface area contributed by atoms with Crippen molar-refractivity contribution in [1.82, 2.24) is 19.9 Å². The topological polar surface area (TPSA) is 112 Å². The van der Waals surface area contributed by atoms with Crippen molar-refractivity contribution in [2.24, 2.45) is 0 Å². The van der Waals surface area contributed by atoms with E-state index < -0.39 is 23.8 Å². The van der Waals surface area contributed by atoms with Gasteiger partial charge in [0.25, 0.3) is 5.91 Å². The van der Waals surface area contributed by atoms with Crippen LogP contribution in [0, 0.1) is 12.7 Å². The average Bonchev–Trinajstić information content (AvgIpc) is 3.47. The minimum atomic E-state index is -0.999. The predicted octanol–water partition coefficient (Wildman–Crippen LogP) is 4.42. The van der Waals surface area contributed by atoms with E-state index in [4.69, 9.17) is 9.26 Å². The lowest BCUT2D eigenvalue weighted by molar-refractivity contribution is -0.151. The number of esters is 1. The Balaban J connectivity index is 1.48. The molecular formula is C24H22FN5O4S. The van der Waals surface area contributed by atoms with E-state index in [0.29, 0.717) is 22.4 Å². The quantitative estimate of drug-likeness (QED) is 0.268. The molecule has 2 aromatic heterocycles. The number of aromatic nitrogens is 4. The number of ether oxygens (including phenoxy) is 1. The Hall–Kier alpha value is -3.99. The van der Waals surface area contributed by atoms with Gasteiger partial charge in [-0.05, 0) is 37.6 Å². The van der Waals surface area contributed by atoms with Crippen molar-refractivity contribution in [1.29, 1.82) is 0 Å². The molecule has 4 rings (SSSR count). The molecule has 2 aromatic carbocycles. The number of nitrogens with zero attached hydrogens (tertiary/aromatic N) is 4. The Bertz CT molecular complexity index is 1320. The lowest BCUT2D eigenvalue weighted by Crippen LogP contribution is -2.32. The minimum Gasteiger partial charge on any atom is -0.452 e. The number of amides is 1. The second kappa shape index (κ2) is 11.0. The molecule has 0 spiro atoms. The molecule has 1 amide bonds. The van der Waals surface area contributed by atoms with Crippen LogP contribution in [0.4, 0.5) is 10.2 Å². The fraction of sp³-hybridized carbons (Fsp3) is 0.208. The van der Waals surface area contributed by atoms with Gasteiger partial charge in [-0.3, -0.25) is 14.2 Å². The van der Waals surface area contributed by atoms with Gasteiger partial charge in [-0.2, -0.15) is 0 Å². The maximum Gasteiger partial charge on any atom is 0.317 e. The highest BCUT2D eigenvalue weighted by atomic mass is 32.2. The van der Waals surface area contributed by atoms with Crippen molar-refractivity contribution < 1.29 is 23.2 Å². The Labute approximate surface area is 204 Å². The van der Waals surface area contributed by atoms with Crippen LogP contribution in [-0.4, -0.2) is 43.7 Å². The molecule has 0 radical (unpaired) electrons. The summed E-state index contributed by atoms with van der Waals surface area (Å²) >= 11 is 1.08. The number of hydrogen-bond acceptors (Lipinski definition) is 8. The summed E-state index contributed by atoms with van der Waals surface area (Å²) in [7, 11) is 0. The first kappa shape index (κ1) is 24.1. The number of halogens is 1. The highest BCUT2D eigenvalue weighted by Gasteiger charge is 2.24. The lowest BCUT2D eigenvalue weighted by Gasteiger charge is -2.15. The Morgan fingerprint density at radius 1 is 1.14 bits per heavy atom. The normalized spacial score (nSPS) is 11.7. The number of carbonyl (C=O) groups is 2. The van der Waals surface area contributed by atoms with Crippen LogP contribution in [0.5, 0.6) is 0 Å². The molecule has 0 aliphatic heterocycles. The van der Waals surface area contributed by atoms with Crippen LogP contribution in [0.3, 0.4) is 0 Å². The van der Waals surface area contributed by atoms with E-state index in [1.807, 2.05) is 30.3 Å². The number of nitrogens with one attached hydrogen (secondary N) is 1. The Morgan fingerprint density at radius 3 is 2.57 bits per heavy atom. The maximum atomic E-state index is 14.5. The number of rotatable bonds is 9. The van der Waals surface area contributed by atoms with Crippen molar-refractivity contribution in [3.8, 4) is 17.1 Å². The first-order valence-corrected chi connectivity index (χ1v) is 11.8. The van der Waals surface area contributed by atoms with Crippen molar-refractivity contribution in [3.63, 3.8) is 0 Å². The molecular weight excluding hydrogens is 473 g/mol. The molecule has 0 saturated carbocycles. The van der Waals surface area contributed by atoms with E-state index in [1.165, 1.54) is 6.07 Å². The van der Waals surface area contributed by atoms with Crippen LogP contribution >= 0.6 is 11.8 Å². The second-order valence-corrected chi connectivity index (χ2v) is 8.39. The summed E-state index contributed by atoms with van der Waals surface area (Å²) in [6.45, 7) is 3.43. The van der Waals surface area contributed by atoms with Gasteiger partial charge in [0, 0.05) is 11.8 Å². The summed E-state index contributed by atoms with van der Waals surface area (Å²) in [5.41, 5.74) is 0.990. The van der Waals surface area contributed by atoms with Crippen LogP contribution in [-0.2, 0) is 14.3 Å². The molecule has 0 saturated heterocycles. The Morgan fingerprint density at radius 2 is 1.89 bits per heavy atom. The zero-order valence-electron chi connectivity index (χ0n) is 19.0. The number of para-hydroxylation sites is 1. The lowest BCUT2D eigenvalue weighted by atomic mass is 10.2. The highest BCUT2D eigenvalue weighted by molar-refractivity contribution is 7.99. The van der Waals surface area contributed by atoms with Crippen LogP contribution in [0.15, 0.2) is 70.3 Å². The van der Waals surface area contributed by atoms with Gasteiger partial charge in [0.1, 0.15) is 11.6 Å². The number of thioether (sulfide) groups is 1. The molecule has 0 fully saturated rings. The van der Waals surface area contributed by atoms with Crippen molar-refractivity contribution in [2.75, 3.05) is 11.1 Å². The Kier molecular flexibility index (Phi) is 7.56. The smallest absolute Gasteiger partial charge is 0.317 e. The fourth-order valence-corrected chi connectivity index (χ4v) is 4.00. The standard InChI is InChI=1S/C24H22FN5O4S/c1-3-19(23(32)26-20-13-15(2)34-29-20)33-21(31)14-35-24-28-27-22(17-11-7-8-12-18(17)25)30(24)16-9-5-4-6-10-16/h4-13,19H,3,14H2,1-2H3,(H,26,29,32). The SMILES string of the molecule is CCC(OC(=O)CSc1nnc(-c2ccccc2F)n1-c1ccccc1)C(=O)Nc1cc(C)on1. The van der Waals surface area contributed by atoms with Crippen LogP contribution in [0.1, 0.15) is 19.1 Å². The van der Waals surface area contributed by atoms with Crippen molar-refractivity contribution in [2.45, 2.75) is 31.5 Å². The van der Waals surface area contributed by atoms with Crippen LogP contribution in [0.2, 0.25) is 0 Å². The average molecular weight is 496 g/mol. The van der Waals surface area contributed by atoms with E-state index in [2.05, 4.69) is 20.7 Å². The first-order valence-electron chi connectivity index (χ1n) is 10.8. The summed E-state index contributed by atoms with van der Waals surface area (Å²) in [5, 5.41) is 15.0. The molecule has 11 heteroatoms. The monoisotopic (exact) mass is 495 g/mol. The van der Waals surface area contributed by atoms with Gasteiger partial charge in [-0.1, -0.05) is 54.2 Å². The molecule has 0 bridgehead atoms. The molecule has 2 heterocycles. The second-order valence-electron chi connectivity index (χ2n) is 7.44. The molecule has 1 atom stereocenters. The molecule has 1 N–H and O–H groups in total. The van der Waals surface area contributed by atoms with E-state index >= 15 is 0 Å². The van der Waals surface area contributed by atoms with E-state index in [9.17, 15) is 14.0 Å². The summed E-state index contributed by atoms with van der Waals surface area (Å²) in [6.07, 6.45) is -0.724. The fourth-order valence-electron chi connectivity index (χ4n) is 3.26. The number of anilines is 1. The largest absolute Gasteiger partial charge is 0.452 e. The number of hydrogen-bond donors (Lipinski definition) is 1. The van der Waals surface area contributed by atoms with E-state index in [0.717, 1.165) is 11.8 Å². The first-order chi connectivity index (χ1) is 17.0. The van der Waals surface area contributed by atoms with Crippen molar-refractivity contribution in [3.05, 3.63) is 72.2 Å². The van der Waals surface area contributed by atoms with Gasteiger partial charge < -0.3 is 14.6 Å². The van der Waals surface area contributed by atoms with Crippen LogP contribution < -0.4 is 5.32 Å². The molecule has 9 nitrogen and oxygen atoms in total. The minimum absolute atomic E-state index is 0.130. The van der Waals surface area contributed by atoms with Gasteiger partial charge in [0.2, 0.25) is 0 Å². The summed E-state index contributed by atoms with van der Waals surface area (Å²) in [6, 6.07) is 17.0.